The van der Waals surface area contributed by atoms with Crippen molar-refractivity contribution in [3.05, 3.63) is 6.92 Å². The van der Waals surface area contributed by atoms with Crippen molar-refractivity contribution in [3.63, 3.8) is 0 Å². The summed E-state index contributed by atoms with van der Waals surface area (Å²) in [5.74, 6) is 0. The fourth-order valence-electron chi connectivity index (χ4n) is 1.23. The van der Waals surface area contributed by atoms with Crippen LogP contribution in [0.15, 0.2) is 0 Å². The molecule has 0 atom stereocenters. The molecule has 0 heterocycles. The molecule has 0 unspecified atom stereocenters. The van der Waals surface area contributed by atoms with Crippen molar-refractivity contribution in [2.24, 2.45) is 5.73 Å². The molecule has 0 saturated heterocycles. The van der Waals surface area contributed by atoms with E-state index in [1.54, 1.807) is 0 Å². The van der Waals surface area contributed by atoms with E-state index in [4.69, 9.17) is 15.2 Å². The lowest BCUT2D eigenvalue weighted by molar-refractivity contribution is 0.0218. The molecule has 0 spiro atoms. The average Bonchev–Trinajstić information content (AvgIpc) is 2.31. The SMILES string of the molecule is [CH2]CC(N)(COCCCC)COCCCC. The highest BCUT2D eigenvalue weighted by Crippen LogP contribution is 2.08. The zero-order chi connectivity index (χ0) is 12.3. The normalized spacial score (nSPS) is 12.0. The van der Waals surface area contributed by atoms with Gasteiger partial charge < -0.3 is 15.2 Å². The topological polar surface area (TPSA) is 44.5 Å². The molecule has 0 aromatic rings. The second-order valence-electron chi connectivity index (χ2n) is 4.42. The molecule has 0 aromatic carbocycles. The summed E-state index contributed by atoms with van der Waals surface area (Å²) in [6, 6.07) is 0. The molecule has 0 aromatic heterocycles. The van der Waals surface area contributed by atoms with Gasteiger partial charge in [0.1, 0.15) is 0 Å². The second-order valence-corrected chi connectivity index (χ2v) is 4.42. The van der Waals surface area contributed by atoms with E-state index in [0.29, 0.717) is 19.6 Å². The zero-order valence-electron chi connectivity index (χ0n) is 11.0. The Kier molecular flexibility index (Phi) is 9.99. The van der Waals surface area contributed by atoms with Crippen LogP contribution in [0, 0.1) is 6.92 Å². The van der Waals surface area contributed by atoms with Crippen LogP contribution < -0.4 is 5.73 Å². The summed E-state index contributed by atoms with van der Waals surface area (Å²) in [6.07, 6.45) is 5.11. The molecule has 0 aliphatic rings. The fourth-order valence-corrected chi connectivity index (χ4v) is 1.23. The number of hydrogen-bond donors (Lipinski definition) is 1. The Labute approximate surface area is 101 Å². The summed E-state index contributed by atoms with van der Waals surface area (Å²) < 4.78 is 11.1. The Morgan fingerprint density at radius 3 is 1.75 bits per heavy atom. The highest BCUT2D eigenvalue weighted by Gasteiger charge is 2.23. The van der Waals surface area contributed by atoms with Crippen LogP contribution in [0.25, 0.3) is 0 Å². The molecule has 2 N–H and O–H groups in total. The van der Waals surface area contributed by atoms with E-state index in [1.165, 1.54) is 0 Å². The minimum atomic E-state index is -0.415. The standard InChI is InChI=1S/C13H28NO2/c1-4-7-9-15-11-13(14,6-3)12-16-10-8-5-2/h3-12,14H2,1-2H3. The molecule has 0 rings (SSSR count). The third-order valence-electron chi connectivity index (χ3n) is 2.56. The van der Waals surface area contributed by atoms with Gasteiger partial charge in [0.15, 0.2) is 0 Å². The maximum Gasteiger partial charge on any atom is 0.0668 e. The molecular formula is C13H28NO2. The van der Waals surface area contributed by atoms with Crippen LogP contribution in [0.3, 0.4) is 0 Å². The van der Waals surface area contributed by atoms with Gasteiger partial charge in [-0.25, -0.2) is 0 Å². The molecular weight excluding hydrogens is 202 g/mol. The number of ether oxygens (including phenoxy) is 2. The number of nitrogens with two attached hydrogens (primary N) is 1. The number of hydrogen-bond acceptors (Lipinski definition) is 3. The van der Waals surface area contributed by atoms with Gasteiger partial charge in [-0.3, -0.25) is 0 Å². The van der Waals surface area contributed by atoms with E-state index in [9.17, 15) is 0 Å². The molecule has 0 amide bonds. The first-order valence-corrected chi connectivity index (χ1v) is 6.42. The Morgan fingerprint density at radius 2 is 1.44 bits per heavy atom. The molecule has 0 fully saturated rings. The summed E-state index contributed by atoms with van der Waals surface area (Å²) in [5.41, 5.74) is 5.73. The Hall–Kier alpha value is -0.120. The van der Waals surface area contributed by atoms with Crippen LogP contribution in [0.1, 0.15) is 46.0 Å². The minimum Gasteiger partial charge on any atom is -0.379 e. The first-order chi connectivity index (χ1) is 7.68. The highest BCUT2D eigenvalue weighted by atomic mass is 16.5. The second kappa shape index (κ2) is 10.1. The summed E-state index contributed by atoms with van der Waals surface area (Å²) in [6.45, 7) is 10.8. The molecule has 0 aliphatic carbocycles. The van der Waals surface area contributed by atoms with Gasteiger partial charge in [0.25, 0.3) is 0 Å². The van der Waals surface area contributed by atoms with Crippen LogP contribution in [0.2, 0.25) is 0 Å². The van der Waals surface area contributed by atoms with Crippen LogP contribution in [0.5, 0.6) is 0 Å². The largest absolute Gasteiger partial charge is 0.379 e. The third-order valence-corrected chi connectivity index (χ3v) is 2.56. The first-order valence-electron chi connectivity index (χ1n) is 6.42. The fraction of sp³-hybridized carbons (Fsp3) is 0.923. The van der Waals surface area contributed by atoms with Crippen molar-refractivity contribution in [1.29, 1.82) is 0 Å². The van der Waals surface area contributed by atoms with Gasteiger partial charge >= 0.3 is 0 Å². The molecule has 1 radical (unpaired) electrons. The summed E-state index contributed by atoms with van der Waals surface area (Å²) in [7, 11) is 0. The van der Waals surface area contributed by atoms with Gasteiger partial charge in [0, 0.05) is 13.2 Å². The summed E-state index contributed by atoms with van der Waals surface area (Å²) in [4.78, 5) is 0. The summed E-state index contributed by atoms with van der Waals surface area (Å²) in [5, 5.41) is 0. The minimum absolute atomic E-state index is 0.415. The predicted octanol–water partition coefficient (Wildman–Crippen LogP) is 2.54. The average molecular weight is 230 g/mol. The van der Waals surface area contributed by atoms with E-state index in [-0.39, 0.29) is 0 Å². The molecule has 0 saturated carbocycles. The van der Waals surface area contributed by atoms with Gasteiger partial charge in [-0.2, -0.15) is 0 Å². The van der Waals surface area contributed by atoms with E-state index < -0.39 is 5.54 Å². The highest BCUT2D eigenvalue weighted by molar-refractivity contribution is 4.84. The Balaban J connectivity index is 3.64. The molecule has 16 heavy (non-hydrogen) atoms. The van der Waals surface area contributed by atoms with Crippen LogP contribution in [-0.4, -0.2) is 32.0 Å². The molecule has 3 heteroatoms. The third kappa shape index (κ3) is 8.08. The van der Waals surface area contributed by atoms with Crippen molar-refractivity contribution >= 4 is 0 Å². The predicted molar refractivity (Wildman–Crippen MR) is 68.3 cm³/mol. The smallest absolute Gasteiger partial charge is 0.0668 e. The van der Waals surface area contributed by atoms with Gasteiger partial charge in [-0.05, 0) is 19.3 Å². The molecule has 3 nitrogen and oxygen atoms in total. The van der Waals surface area contributed by atoms with Crippen molar-refractivity contribution in [2.45, 2.75) is 51.5 Å². The van der Waals surface area contributed by atoms with Crippen molar-refractivity contribution < 1.29 is 9.47 Å². The van der Waals surface area contributed by atoms with Crippen LogP contribution in [0.4, 0.5) is 0 Å². The van der Waals surface area contributed by atoms with Gasteiger partial charge in [0.05, 0.1) is 18.8 Å². The van der Waals surface area contributed by atoms with E-state index >= 15 is 0 Å². The first kappa shape index (κ1) is 15.9. The molecule has 0 bridgehead atoms. The van der Waals surface area contributed by atoms with E-state index in [0.717, 1.165) is 38.9 Å². The lowest BCUT2D eigenvalue weighted by Crippen LogP contribution is -2.48. The maximum absolute atomic E-state index is 6.15. The zero-order valence-corrected chi connectivity index (χ0v) is 11.0. The van der Waals surface area contributed by atoms with Gasteiger partial charge in [-0.1, -0.05) is 33.6 Å². The maximum atomic E-state index is 6.15. The lowest BCUT2D eigenvalue weighted by Gasteiger charge is -2.27. The number of unbranched alkanes of at least 4 members (excludes halogenated alkanes) is 2. The number of rotatable bonds is 11. The molecule has 97 valence electrons. The van der Waals surface area contributed by atoms with Crippen molar-refractivity contribution in [1.82, 2.24) is 0 Å². The summed E-state index contributed by atoms with van der Waals surface area (Å²) >= 11 is 0. The van der Waals surface area contributed by atoms with E-state index in [1.807, 2.05) is 0 Å². The van der Waals surface area contributed by atoms with Gasteiger partial charge in [0.2, 0.25) is 0 Å². The van der Waals surface area contributed by atoms with Crippen LogP contribution >= 0.6 is 0 Å². The Bertz CT molecular complexity index is 139. The quantitative estimate of drug-likeness (QED) is 0.555. The van der Waals surface area contributed by atoms with Gasteiger partial charge in [-0.15, -0.1) is 0 Å². The van der Waals surface area contributed by atoms with Crippen LogP contribution in [-0.2, 0) is 9.47 Å². The lowest BCUT2D eigenvalue weighted by atomic mass is 10.0. The molecule has 0 aliphatic heterocycles. The monoisotopic (exact) mass is 230 g/mol. The van der Waals surface area contributed by atoms with Crippen molar-refractivity contribution in [2.75, 3.05) is 26.4 Å². The van der Waals surface area contributed by atoms with Crippen molar-refractivity contribution in [3.8, 4) is 0 Å². The Morgan fingerprint density at radius 1 is 1.00 bits per heavy atom. The van der Waals surface area contributed by atoms with E-state index in [2.05, 4.69) is 20.8 Å².